The molecule has 1 N–H and O–H groups in total. The van der Waals surface area contributed by atoms with Crippen LogP contribution in [-0.4, -0.2) is 52.1 Å². The summed E-state index contributed by atoms with van der Waals surface area (Å²) in [6, 6.07) is 13.2. The van der Waals surface area contributed by atoms with Gasteiger partial charge in [0.25, 0.3) is 0 Å². The van der Waals surface area contributed by atoms with Crippen molar-refractivity contribution in [3.63, 3.8) is 0 Å². The average Bonchev–Trinajstić information content (AvgIpc) is 3.26. The van der Waals surface area contributed by atoms with Gasteiger partial charge in [0, 0.05) is 37.7 Å². The second-order valence-electron chi connectivity index (χ2n) is 7.61. The highest BCUT2D eigenvalue weighted by atomic mass is 16.7. The van der Waals surface area contributed by atoms with E-state index in [1.807, 2.05) is 42.5 Å². The number of methoxy groups -OCH3 is 5. The summed E-state index contributed by atoms with van der Waals surface area (Å²) in [4.78, 5) is 17.3. The van der Waals surface area contributed by atoms with E-state index >= 15 is 0 Å². The molecule has 33 heavy (non-hydrogen) atoms. The minimum absolute atomic E-state index is 0.123. The van der Waals surface area contributed by atoms with Crippen molar-refractivity contribution in [1.29, 1.82) is 0 Å². The first-order valence-corrected chi connectivity index (χ1v) is 10.4. The molecular weight excluding hydrogens is 422 g/mol. The third-order valence-electron chi connectivity index (χ3n) is 6.02. The molecule has 0 aliphatic heterocycles. The molecule has 0 bridgehead atoms. The zero-order chi connectivity index (χ0) is 23.6. The molecule has 172 valence electrons. The van der Waals surface area contributed by atoms with Gasteiger partial charge in [-0.3, -0.25) is 4.79 Å². The molecule has 1 aliphatic rings. The summed E-state index contributed by atoms with van der Waals surface area (Å²) >= 11 is 0. The summed E-state index contributed by atoms with van der Waals surface area (Å²) in [5, 5.41) is 0.800. The molecule has 0 unspecified atom stereocenters. The van der Waals surface area contributed by atoms with Crippen molar-refractivity contribution in [1.82, 2.24) is 4.98 Å². The molecule has 1 aliphatic carbocycles. The van der Waals surface area contributed by atoms with Gasteiger partial charge < -0.3 is 28.7 Å². The molecule has 0 amide bonds. The van der Waals surface area contributed by atoms with Crippen molar-refractivity contribution in [2.24, 2.45) is 0 Å². The van der Waals surface area contributed by atoms with E-state index in [1.165, 1.54) is 14.2 Å². The van der Waals surface area contributed by atoms with E-state index in [9.17, 15) is 4.79 Å². The number of ether oxygens (including phenoxy) is 5. The van der Waals surface area contributed by atoms with E-state index in [0.29, 0.717) is 28.3 Å². The smallest absolute Gasteiger partial charge is 0.231 e. The third kappa shape index (κ3) is 3.90. The molecule has 4 rings (SSSR count). The minimum atomic E-state index is -1.16. The molecule has 1 aromatic heterocycles. The maximum atomic E-state index is 13.9. The number of aromatic nitrogens is 1. The topological polar surface area (TPSA) is 79.0 Å². The second-order valence-corrected chi connectivity index (χ2v) is 7.61. The Morgan fingerprint density at radius 2 is 1.52 bits per heavy atom. The third-order valence-corrected chi connectivity index (χ3v) is 6.02. The molecule has 7 nitrogen and oxygen atoms in total. The van der Waals surface area contributed by atoms with Crippen molar-refractivity contribution >= 4 is 16.7 Å². The van der Waals surface area contributed by atoms with E-state index < -0.39 is 5.79 Å². The highest BCUT2D eigenvalue weighted by Crippen LogP contribution is 2.39. The number of carbonyl (C=O) groups excluding carboxylic acids is 1. The number of hydrogen-bond acceptors (Lipinski definition) is 6. The summed E-state index contributed by atoms with van der Waals surface area (Å²) < 4.78 is 27.4. The molecule has 7 heteroatoms. The number of allylic oxidation sites excluding steroid dienone is 2. The van der Waals surface area contributed by atoms with Crippen LogP contribution in [0.3, 0.4) is 0 Å². The highest BCUT2D eigenvalue weighted by molar-refractivity contribution is 6.20. The Balaban J connectivity index is 1.87. The van der Waals surface area contributed by atoms with Gasteiger partial charge in [-0.05, 0) is 48.0 Å². The Morgan fingerprint density at radius 1 is 0.848 bits per heavy atom. The number of Topliss-reactive ketones (excluding diaryl/α,β-unsaturated/α-hetero) is 1. The fourth-order valence-electron chi connectivity index (χ4n) is 4.18. The fourth-order valence-corrected chi connectivity index (χ4v) is 4.18. The van der Waals surface area contributed by atoms with Crippen molar-refractivity contribution < 1.29 is 28.5 Å². The largest absolute Gasteiger partial charge is 0.497 e. The predicted molar refractivity (Wildman–Crippen MR) is 126 cm³/mol. The normalized spacial score (nSPS) is 15.1. The number of H-pyrrole nitrogens is 1. The lowest BCUT2D eigenvalue weighted by atomic mass is 9.89. The minimum Gasteiger partial charge on any atom is -0.497 e. The van der Waals surface area contributed by atoms with Crippen LogP contribution in [0.2, 0.25) is 0 Å². The lowest BCUT2D eigenvalue weighted by molar-refractivity contribution is -0.199. The van der Waals surface area contributed by atoms with E-state index in [-0.39, 0.29) is 12.2 Å². The van der Waals surface area contributed by atoms with E-state index in [2.05, 4.69) is 4.98 Å². The maximum Gasteiger partial charge on any atom is 0.231 e. The van der Waals surface area contributed by atoms with E-state index in [0.717, 1.165) is 22.2 Å². The number of fused-ring (bicyclic) bond motifs is 1. The first-order chi connectivity index (χ1) is 16.0. The summed E-state index contributed by atoms with van der Waals surface area (Å²) in [5.74, 6) is 0.655. The van der Waals surface area contributed by atoms with Gasteiger partial charge in [0.2, 0.25) is 5.79 Å². The number of nitrogens with one attached hydrogen (secondary N) is 1. The number of aromatic amines is 1. The Morgan fingerprint density at radius 3 is 2.12 bits per heavy atom. The van der Waals surface area contributed by atoms with Crippen LogP contribution < -0.4 is 9.47 Å². The van der Waals surface area contributed by atoms with Crippen LogP contribution in [0.5, 0.6) is 11.5 Å². The van der Waals surface area contributed by atoms with Gasteiger partial charge in [0.05, 0.1) is 38.1 Å². The van der Waals surface area contributed by atoms with Gasteiger partial charge in [-0.25, -0.2) is 0 Å². The molecule has 0 fully saturated rings. The zero-order valence-corrected chi connectivity index (χ0v) is 19.4. The van der Waals surface area contributed by atoms with Gasteiger partial charge in [0.1, 0.15) is 11.5 Å². The molecule has 3 aromatic rings. The monoisotopic (exact) mass is 449 g/mol. The molecule has 0 saturated heterocycles. The Hall–Kier alpha value is -3.55. The van der Waals surface area contributed by atoms with Gasteiger partial charge in [-0.15, -0.1) is 0 Å². The van der Waals surface area contributed by atoms with Crippen LogP contribution >= 0.6 is 0 Å². The number of benzene rings is 2. The SMILES string of the molecule is COC1=CC=C(C(=O)c2c(-c3ccc(OC)cc3)[nH]c3cc(OC)ccc23)CC1(OC)OC. The lowest BCUT2D eigenvalue weighted by Crippen LogP contribution is -2.39. The number of ketones is 1. The lowest BCUT2D eigenvalue weighted by Gasteiger charge is -2.34. The number of carbonyl (C=O) groups is 1. The van der Waals surface area contributed by atoms with Gasteiger partial charge in [-0.1, -0.05) is 6.08 Å². The zero-order valence-electron chi connectivity index (χ0n) is 19.4. The van der Waals surface area contributed by atoms with Crippen molar-refractivity contribution in [3.05, 3.63) is 71.5 Å². The second kappa shape index (κ2) is 9.13. The standard InChI is InChI=1S/C26H27NO6/c1-29-18-9-6-16(7-10-18)24-23(20-12-11-19(30-2)14-21(20)27-24)25(28)17-8-13-22(31-3)26(15-17,32-4)33-5/h6-14,27H,15H2,1-5H3. The molecule has 0 radical (unpaired) electrons. The van der Waals surface area contributed by atoms with Crippen molar-refractivity contribution in [2.75, 3.05) is 35.5 Å². The van der Waals surface area contributed by atoms with Gasteiger partial charge in [-0.2, -0.15) is 0 Å². The van der Waals surface area contributed by atoms with Crippen LogP contribution in [0.4, 0.5) is 0 Å². The summed E-state index contributed by atoms with van der Waals surface area (Å²) in [6.07, 6.45) is 3.69. The van der Waals surface area contributed by atoms with Gasteiger partial charge in [0.15, 0.2) is 11.5 Å². The Labute approximate surface area is 192 Å². The summed E-state index contributed by atoms with van der Waals surface area (Å²) in [5.41, 5.74) is 3.50. The van der Waals surface area contributed by atoms with Crippen LogP contribution in [0.1, 0.15) is 16.8 Å². The van der Waals surface area contributed by atoms with Crippen LogP contribution in [-0.2, 0) is 14.2 Å². The summed E-state index contributed by atoms with van der Waals surface area (Å²) in [6.45, 7) is 0. The summed E-state index contributed by atoms with van der Waals surface area (Å²) in [7, 11) is 7.85. The molecule has 0 saturated carbocycles. The predicted octanol–water partition coefficient (Wildman–Crippen LogP) is 4.88. The Kier molecular flexibility index (Phi) is 6.26. The first kappa shape index (κ1) is 22.6. The quantitative estimate of drug-likeness (QED) is 0.390. The van der Waals surface area contributed by atoms with E-state index in [4.69, 9.17) is 23.7 Å². The van der Waals surface area contributed by atoms with Crippen LogP contribution in [0, 0.1) is 0 Å². The van der Waals surface area contributed by atoms with Crippen LogP contribution in [0.25, 0.3) is 22.2 Å². The number of rotatable bonds is 8. The highest BCUT2D eigenvalue weighted by Gasteiger charge is 2.41. The first-order valence-electron chi connectivity index (χ1n) is 10.4. The van der Waals surface area contributed by atoms with Crippen LogP contribution in [0.15, 0.2) is 65.9 Å². The maximum absolute atomic E-state index is 13.9. The average molecular weight is 450 g/mol. The molecular formula is C26H27NO6. The van der Waals surface area contributed by atoms with Crippen molar-refractivity contribution in [2.45, 2.75) is 12.2 Å². The molecule has 2 aromatic carbocycles. The Bertz CT molecular complexity index is 1230. The molecule has 1 heterocycles. The fraction of sp³-hybridized carbons (Fsp3) is 0.269. The molecule has 0 atom stereocenters. The van der Waals surface area contributed by atoms with E-state index in [1.54, 1.807) is 33.5 Å². The van der Waals surface area contributed by atoms with Crippen molar-refractivity contribution in [3.8, 4) is 22.8 Å². The van der Waals surface area contributed by atoms with Gasteiger partial charge >= 0.3 is 0 Å². The number of hydrogen-bond donors (Lipinski definition) is 1. The molecule has 0 spiro atoms.